The second-order valence-corrected chi connectivity index (χ2v) is 4.11. The number of aromatic nitrogens is 2. The molecule has 19 heavy (non-hydrogen) atoms. The zero-order valence-corrected chi connectivity index (χ0v) is 9.88. The maximum absolute atomic E-state index is 13.6. The molecule has 3 rings (SSSR count). The predicted molar refractivity (Wildman–Crippen MR) is 71.7 cm³/mol. The van der Waals surface area contributed by atoms with E-state index < -0.39 is 5.95 Å². The molecule has 0 aliphatic heterocycles. The van der Waals surface area contributed by atoms with Crippen molar-refractivity contribution in [2.45, 2.75) is 0 Å². The van der Waals surface area contributed by atoms with E-state index in [0.717, 1.165) is 0 Å². The Morgan fingerprint density at radius 2 is 1.95 bits per heavy atom. The number of hydrogen-bond acceptors (Lipinski definition) is 3. The Balaban J connectivity index is 2.37. The topological polar surface area (TPSA) is 60.9 Å². The molecule has 0 unspecified atom stereocenters. The van der Waals surface area contributed by atoms with Crippen molar-refractivity contribution in [2.24, 2.45) is 0 Å². The Hall–Kier alpha value is -2.69. The summed E-state index contributed by atoms with van der Waals surface area (Å²) in [6.07, 6.45) is 2.84. The average Bonchev–Trinajstić information content (AvgIpc) is 2.41. The van der Waals surface area contributed by atoms with Crippen molar-refractivity contribution in [3.05, 3.63) is 65.1 Å². The number of anilines is 1. The van der Waals surface area contributed by atoms with E-state index in [-0.39, 0.29) is 11.2 Å². The van der Waals surface area contributed by atoms with E-state index in [0.29, 0.717) is 16.5 Å². The van der Waals surface area contributed by atoms with Crippen LogP contribution in [0.5, 0.6) is 0 Å². The van der Waals surface area contributed by atoms with Crippen LogP contribution in [0.4, 0.5) is 10.1 Å². The van der Waals surface area contributed by atoms with Crippen LogP contribution in [-0.4, -0.2) is 9.55 Å². The van der Waals surface area contributed by atoms with Crippen molar-refractivity contribution in [2.75, 3.05) is 5.73 Å². The van der Waals surface area contributed by atoms with Crippen molar-refractivity contribution < 1.29 is 4.39 Å². The van der Waals surface area contributed by atoms with Crippen LogP contribution in [0.1, 0.15) is 0 Å². The molecule has 0 saturated carbocycles. The number of rotatable bonds is 1. The molecule has 2 heterocycles. The number of hydrogen-bond donors (Lipinski definition) is 1. The summed E-state index contributed by atoms with van der Waals surface area (Å²) >= 11 is 0. The second-order valence-electron chi connectivity index (χ2n) is 4.11. The Morgan fingerprint density at radius 1 is 1.11 bits per heavy atom. The molecule has 0 amide bonds. The van der Waals surface area contributed by atoms with Gasteiger partial charge in [-0.25, -0.2) is 4.98 Å². The molecule has 1 aromatic carbocycles. The van der Waals surface area contributed by atoms with Crippen molar-refractivity contribution in [3.8, 4) is 5.69 Å². The summed E-state index contributed by atoms with van der Waals surface area (Å²) in [7, 11) is 0. The van der Waals surface area contributed by atoms with Crippen molar-refractivity contribution in [1.29, 1.82) is 0 Å². The second kappa shape index (κ2) is 4.20. The monoisotopic (exact) mass is 255 g/mol. The third-order valence-corrected chi connectivity index (χ3v) is 2.98. The molecule has 5 heteroatoms. The van der Waals surface area contributed by atoms with Gasteiger partial charge in [0.25, 0.3) is 5.56 Å². The number of nitrogens with two attached hydrogens (primary N) is 1. The molecule has 0 fully saturated rings. The Bertz CT molecular complexity index is 826. The van der Waals surface area contributed by atoms with Gasteiger partial charge >= 0.3 is 0 Å². The van der Waals surface area contributed by atoms with E-state index in [1.54, 1.807) is 30.3 Å². The van der Waals surface area contributed by atoms with E-state index in [1.165, 1.54) is 23.0 Å². The summed E-state index contributed by atoms with van der Waals surface area (Å²) in [5, 5.41) is 1.11. The molecule has 0 atom stereocenters. The van der Waals surface area contributed by atoms with Gasteiger partial charge in [-0.3, -0.25) is 9.36 Å². The molecule has 2 N–H and O–H groups in total. The minimum absolute atomic E-state index is 0.122. The molecule has 0 radical (unpaired) electrons. The van der Waals surface area contributed by atoms with Crippen LogP contribution in [0.3, 0.4) is 0 Å². The standard InChI is InChI=1S/C14H10FN3O/c15-13-12(5-2-7-17-13)18-8-6-9-10(14(18)19)3-1-4-11(9)16/h1-8H,16H2. The molecule has 2 aromatic heterocycles. The van der Waals surface area contributed by atoms with Crippen molar-refractivity contribution in [3.63, 3.8) is 0 Å². The highest BCUT2D eigenvalue weighted by Gasteiger charge is 2.09. The third-order valence-electron chi connectivity index (χ3n) is 2.98. The van der Waals surface area contributed by atoms with Gasteiger partial charge in [-0.2, -0.15) is 4.39 Å². The van der Waals surface area contributed by atoms with Gasteiger partial charge in [-0.05, 0) is 30.3 Å². The van der Waals surface area contributed by atoms with Gasteiger partial charge in [0.2, 0.25) is 5.95 Å². The van der Waals surface area contributed by atoms with E-state index in [9.17, 15) is 9.18 Å². The molecule has 4 nitrogen and oxygen atoms in total. The zero-order chi connectivity index (χ0) is 13.4. The van der Waals surface area contributed by atoms with Gasteiger partial charge in [0.1, 0.15) is 5.69 Å². The Labute approximate surface area is 107 Å². The van der Waals surface area contributed by atoms with Crippen LogP contribution in [0.2, 0.25) is 0 Å². The zero-order valence-electron chi connectivity index (χ0n) is 9.88. The molecule has 0 aliphatic carbocycles. The highest BCUT2D eigenvalue weighted by molar-refractivity contribution is 5.92. The van der Waals surface area contributed by atoms with E-state index in [1.807, 2.05) is 0 Å². The highest BCUT2D eigenvalue weighted by atomic mass is 19.1. The largest absolute Gasteiger partial charge is 0.398 e. The summed E-state index contributed by atoms with van der Waals surface area (Å²) in [6.45, 7) is 0. The lowest BCUT2D eigenvalue weighted by atomic mass is 10.1. The van der Waals surface area contributed by atoms with Gasteiger partial charge in [0, 0.05) is 28.9 Å². The van der Waals surface area contributed by atoms with Gasteiger partial charge < -0.3 is 5.73 Å². The fourth-order valence-electron chi connectivity index (χ4n) is 2.05. The first-order valence-electron chi connectivity index (χ1n) is 5.69. The fourth-order valence-corrected chi connectivity index (χ4v) is 2.05. The maximum atomic E-state index is 13.6. The summed E-state index contributed by atoms with van der Waals surface area (Å²) in [4.78, 5) is 15.9. The highest BCUT2D eigenvalue weighted by Crippen LogP contribution is 2.18. The lowest BCUT2D eigenvalue weighted by molar-refractivity contribution is 0.573. The van der Waals surface area contributed by atoms with Crippen LogP contribution < -0.4 is 11.3 Å². The molecular weight excluding hydrogens is 245 g/mol. The Morgan fingerprint density at radius 3 is 2.74 bits per heavy atom. The predicted octanol–water partition coefficient (Wildman–Crippen LogP) is 2.11. The van der Waals surface area contributed by atoms with Crippen LogP contribution in [0.25, 0.3) is 16.5 Å². The molecule has 0 spiro atoms. The average molecular weight is 255 g/mol. The number of benzene rings is 1. The van der Waals surface area contributed by atoms with Crippen LogP contribution >= 0.6 is 0 Å². The minimum Gasteiger partial charge on any atom is -0.398 e. The number of halogens is 1. The molecule has 3 aromatic rings. The first-order valence-corrected chi connectivity index (χ1v) is 5.69. The summed E-state index contributed by atoms with van der Waals surface area (Å²) < 4.78 is 14.9. The molecule has 0 bridgehead atoms. The molecule has 94 valence electrons. The molecular formula is C14H10FN3O. The number of fused-ring (bicyclic) bond motifs is 1. The lowest BCUT2D eigenvalue weighted by Gasteiger charge is -2.08. The van der Waals surface area contributed by atoms with E-state index in [2.05, 4.69) is 4.98 Å². The van der Waals surface area contributed by atoms with E-state index in [4.69, 9.17) is 5.73 Å². The first kappa shape index (κ1) is 11.4. The van der Waals surface area contributed by atoms with Gasteiger partial charge in [-0.1, -0.05) is 6.07 Å². The van der Waals surface area contributed by atoms with Crippen LogP contribution in [-0.2, 0) is 0 Å². The van der Waals surface area contributed by atoms with Crippen LogP contribution in [0, 0.1) is 5.95 Å². The summed E-state index contributed by atoms with van der Waals surface area (Å²) in [5.41, 5.74) is 6.13. The van der Waals surface area contributed by atoms with Gasteiger partial charge in [-0.15, -0.1) is 0 Å². The summed E-state index contributed by atoms with van der Waals surface area (Å²) in [5.74, 6) is -0.687. The number of nitrogen functional groups attached to an aromatic ring is 1. The third kappa shape index (κ3) is 1.76. The SMILES string of the molecule is Nc1cccc2c(=O)n(-c3cccnc3F)ccc12. The lowest BCUT2D eigenvalue weighted by Crippen LogP contribution is -2.19. The van der Waals surface area contributed by atoms with Crippen LogP contribution in [0.15, 0.2) is 53.6 Å². The van der Waals surface area contributed by atoms with E-state index >= 15 is 0 Å². The van der Waals surface area contributed by atoms with Gasteiger partial charge in [0.15, 0.2) is 0 Å². The quantitative estimate of drug-likeness (QED) is 0.535. The number of nitrogens with zero attached hydrogens (tertiary/aromatic N) is 2. The Kier molecular flexibility index (Phi) is 2.52. The fraction of sp³-hybridized carbons (Fsp3) is 0. The first-order chi connectivity index (χ1) is 9.18. The normalized spacial score (nSPS) is 10.8. The summed E-state index contributed by atoms with van der Waals surface area (Å²) in [6, 6.07) is 9.85. The van der Waals surface area contributed by atoms with Gasteiger partial charge in [0.05, 0.1) is 0 Å². The smallest absolute Gasteiger partial charge is 0.263 e. The van der Waals surface area contributed by atoms with Crippen molar-refractivity contribution >= 4 is 16.5 Å². The van der Waals surface area contributed by atoms with Crippen molar-refractivity contribution in [1.82, 2.24) is 9.55 Å². The minimum atomic E-state index is -0.687. The maximum Gasteiger partial charge on any atom is 0.263 e. The number of pyridine rings is 2. The molecule has 0 aliphatic rings. The molecule has 0 saturated heterocycles.